The number of carbonyl (C=O) groups is 1. The fourth-order valence-corrected chi connectivity index (χ4v) is 3.13. The van der Waals surface area contributed by atoms with Crippen LogP contribution < -0.4 is 14.8 Å². The minimum atomic E-state index is -1.05. The van der Waals surface area contributed by atoms with Gasteiger partial charge in [0.2, 0.25) is 0 Å². The van der Waals surface area contributed by atoms with Crippen molar-refractivity contribution in [3.05, 3.63) is 88.4 Å². The summed E-state index contributed by atoms with van der Waals surface area (Å²) in [7, 11) is 1.61. The molecule has 3 aromatic carbocycles. The molecule has 5 nitrogen and oxygen atoms in total. The Balaban J connectivity index is 1.59. The Kier molecular flexibility index (Phi) is 6.98. The van der Waals surface area contributed by atoms with Crippen LogP contribution in [0.4, 0.5) is 5.69 Å². The van der Waals surface area contributed by atoms with Gasteiger partial charge in [0.1, 0.15) is 0 Å². The van der Waals surface area contributed by atoms with E-state index in [9.17, 15) is 4.79 Å². The number of anilines is 1. The van der Waals surface area contributed by atoms with Crippen molar-refractivity contribution in [3.63, 3.8) is 0 Å². The molecule has 29 heavy (non-hydrogen) atoms. The molecule has 0 aliphatic heterocycles. The Labute approximate surface area is 174 Å². The number of nitrogens with one attached hydrogen (secondary N) is 1. The van der Waals surface area contributed by atoms with Gasteiger partial charge in [-0.05, 0) is 41.5 Å². The number of rotatable bonds is 9. The molecular formula is C23H22ClNO4. The lowest BCUT2D eigenvalue weighted by atomic mass is 10.1. The second kappa shape index (κ2) is 9.85. The summed E-state index contributed by atoms with van der Waals surface area (Å²) in [6.45, 7) is 1.09. The highest BCUT2D eigenvalue weighted by Crippen LogP contribution is 2.29. The molecule has 0 amide bonds. The number of aromatic carboxylic acids is 1. The van der Waals surface area contributed by atoms with Crippen molar-refractivity contribution in [2.75, 3.05) is 19.0 Å². The van der Waals surface area contributed by atoms with Crippen molar-refractivity contribution < 1.29 is 19.4 Å². The molecule has 0 saturated carbocycles. The van der Waals surface area contributed by atoms with Gasteiger partial charge in [-0.25, -0.2) is 4.79 Å². The van der Waals surface area contributed by atoms with E-state index in [0.29, 0.717) is 24.7 Å². The molecule has 0 saturated heterocycles. The first-order valence-corrected chi connectivity index (χ1v) is 9.55. The third-order valence-electron chi connectivity index (χ3n) is 4.42. The second-order valence-electron chi connectivity index (χ2n) is 6.42. The van der Waals surface area contributed by atoms with Gasteiger partial charge in [0.15, 0.2) is 11.5 Å². The van der Waals surface area contributed by atoms with Crippen molar-refractivity contribution in [1.82, 2.24) is 0 Å². The largest absolute Gasteiger partial charge is 0.493 e. The first-order valence-electron chi connectivity index (χ1n) is 9.17. The molecule has 150 valence electrons. The van der Waals surface area contributed by atoms with Crippen LogP contribution in [0, 0.1) is 0 Å². The maximum atomic E-state index is 11.0. The average molecular weight is 412 g/mol. The van der Waals surface area contributed by atoms with Gasteiger partial charge in [0, 0.05) is 18.7 Å². The molecule has 3 aromatic rings. The van der Waals surface area contributed by atoms with E-state index < -0.39 is 5.97 Å². The SMILES string of the molecule is COc1cc(CNc2ccc(C(=O)O)c(Cl)c2)ccc1OCCc1ccccc1. The Morgan fingerprint density at radius 1 is 1.00 bits per heavy atom. The zero-order chi connectivity index (χ0) is 20.6. The minimum Gasteiger partial charge on any atom is -0.493 e. The normalized spacial score (nSPS) is 10.4. The van der Waals surface area contributed by atoms with E-state index in [1.807, 2.05) is 36.4 Å². The fourth-order valence-electron chi connectivity index (χ4n) is 2.87. The number of halogens is 1. The van der Waals surface area contributed by atoms with E-state index in [1.54, 1.807) is 19.2 Å². The van der Waals surface area contributed by atoms with Gasteiger partial charge in [-0.1, -0.05) is 48.0 Å². The van der Waals surface area contributed by atoms with Crippen LogP contribution in [0.2, 0.25) is 5.02 Å². The van der Waals surface area contributed by atoms with Crippen LogP contribution in [0.1, 0.15) is 21.5 Å². The molecule has 6 heteroatoms. The molecule has 0 heterocycles. The van der Waals surface area contributed by atoms with E-state index in [1.165, 1.54) is 11.6 Å². The quantitative estimate of drug-likeness (QED) is 0.501. The summed E-state index contributed by atoms with van der Waals surface area (Å²) >= 11 is 6.01. The molecular weight excluding hydrogens is 390 g/mol. The number of hydrogen-bond donors (Lipinski definition) is 2. The number of hydrogen-bond acceptors (Lipinski definition) is 4. The van der Waals surface area contributed by atoms with Crippen LogP contribution in [0.3, 0.4) is 0 Å². The molecule has 0 atom stereocenters. The zero-order valence-corrected chi connectivity index (χ0v) is 16.8. The average Bonchev–Trinajstić information content (AvgIpc) is 2.73. The van der Waals surface area contributed by atoms with E-state index in [-0.39, 0.29) is 10.6 Å². The molecule has 0 unspecified atom stereocenters. The van der Waals surface area contributed by atoms with Crippen molar-refractivity contribution in [3.8, 4) is 11.5 Å². The monoisotopic (exact) mass is 411 g/mol. The third kappa shape index (κ3) is 5.65. The van der Waals surface area contributed by atoms with Crippen LogP contribution in [0.15, 0.2) is 66.7 Å². The molecule has 0 aliphatic rings. The smallest absolute Gasteiger partial charge is 0.337 e. The van der Waals surface area contributed by atoms with Gasteiger partial charge in [-0.15, -0.1) is 0 Å². The third-order valence-corrected chi connectivity index (χ3v) is 4.73. The lowest BCUT2D eigenvalue weighted by Crippen LogP contribution is -2.04. The summed E-state index contributed by atoms with van der Waals surface area (Å²) in [5.41, 5.74) is 3.04. The first-order chi connectivity index (χ1) is 14.1. The Morgan fingerprint density at radius 2 is 1.79 bits per heavy atom. The molecule has 2 N–H and O–H groups in total. The molecule has 0 bridgehead atoms. The topological polar surface area (TPSA) is 67.8 Å². The fraction of sp³-hybridized carbons (Fsp3) is 0.174. The summed E-state index contributed by atoms with van der Waals surface area (Å²) in [5, 5.41) is 12.5. The van der Waals surface area contributed by atoms with E-state index >= 15 is 0 Å². The highest BCUT2D eigenvalue weighted by atomic mass is 35.5. The van der Waals surface area contributed by atoms with Gasteiger partial charge in [0.25, 0.3) is 0 Å². The van der Waals surface area contributed by atoms with Gasteiger partial charge in [-0.3, -0.25) is 0 Å². The van der Waals surface area contributed by atoms with Gasteiger partial charge in [0.05, 0.1) is 24.3 Å². The molecule has 0 aliphatic carbocycles. The first kappa shape index (κ1) is 20.6. The maximum absolute atomic E-state index is 11.0. The van der Waals surface area contributed by atoms with Crippen molar-refractivity contribution in [1.29, 1.82) is 0 Å². The Morgan fingerprint density at radius 3 is 2.48 bits per heavy atom. The Bertz CT molecular complexity index is 976. The summed E-state index contributed by atoms with van der Waals surface area (Å²) in [4.78, 5) is 11.0. The predicted octanol–water partition coefficient (Wildman–Crippen LogP) is 5.28. The molecule has 0 spiro atoms. The van der Waals surface area contributed by atoms with Gasteiger partial charge < -0.3 is 19.9 Å². The highest BCUT2D eigenvalue weighted by molar-refractivity contribution is 6.33. The summed E-state index contributed by atoms with van der Waals surface area (Å²) < 4.78 is 11.3. The maximum Gasteiger partial charge on any atom is 0.337 e. The lowest BCUT2D eigenvalue weighted by Gasteiger charge is -2.13. The van der Waals surface area contributed by atoms with Crippen LogP contribution in [0.25, 0.3) is 0 Å². The lowest BCUT2D eigenvalue weighted by molar-refractivity contribution is 0.0697. The standard InChI is InChI=1S/C23H22ClNO4/c1-28-22-13-17(15-25-18-8-9-19(23(26)27)20(24)14-18)7-10-21(22)29-12-11-16-5-3-2-4-6-16/h2-10,13-14,25H,11-12,15H2,1H3,(H,26,27). The van der Waals surface area contributed by atoms with Crippen molar-refractivity contribution >= 4 is 23.3 Å². The van der Waals surface area contributed by atoms with Gasteiger partial charge in [-0.2, -0.15) is 0 Å². The molecule has 0 aromatic heterocycles. The van der Waals surface area contributed by atoms with Crippen LogP contribution in [0.5, 0.6) is 11.5 Å². The summed E-state index contributed by atoms with van der Waals surface area (Å²) in [5.74, 6) is 0.312. The molecule has 0 radical (unpaired) electrons. The molecule has 3 rings (SSSR count). The van der Waals surface area contributed by atoms with Crippen molar-refractivity contribution in [2.45, 2.75) is 13.0 Å². The summed E-state index contributed by atoms with van der Waals surface area (Å²) in [6.07, 6.45) is 0.820. The highest BCUT2D eigenvalue weighted by Gasteiger charge is 2.10. The molecule has 0 fully saturated rings. The van der Waals surface area contributed by atoms with Crippen LogP contribution in [-0.2, 0) is 13.0 Å². The Hall–Kier alpha value is -3.18. The number of benzene rings is 3. The van der Waals surface area contributed by atoms with E-state index in [0.717, 1.165) is 17.7 Å². The zero-order valence-electron chi connectivity index (χ0n) is 16.0. The minimum absolute atomic E-state index is 0.0795. The van der Waals surface area contributed by atoms with Crippen molar-refractivity contribution in [2.24, 2.45) is 0 Å². The predicted molar refractivity (Wildman–Crippen MR) is 114 cm³/mol. The number of carboxylic acids is 1. The van der Waals surface area contributed by atoms with Gasteiger partial charge >= 0.3 is 5.97 Å². The van der Waals surface area contributed by atoms with E-state index in [4.69, 9.17) is 26.2 Å². The van der Waals surface area contributed by atoms with E-state index in [2.05, 4.69) is 17.4 Å². The second-order valence-corrected chi connectivity index (χ2v) is 6.83. The number of carboxylic acid groups (broad SMARTS) is 1. The van der Waals surface area contributed by atoms with Crippen LogP contribution in [-0.4, -0.2) is 24.8 Å². The summed E-state index contributed by atoms with van der Waals surface area (Å²) in [6, 6.07) is 20.7. The number of methoxy groups -OCH3 is 1. The number of ether oxygens (including phenoxy) is 2. The van der Waals surface area contributed by atoms with Crippen LogP contribution >= 0.6 is 11.6 Å².